The van der Waals surface area contributed by atoms with Gasteiger partial charge in [-0.05, 0) is 127 Å². The maximum Gasteiger partial charge on any atom is 0.223 e. The van der Waals surface area contributed by atoms with Crippen molar-refractivity contribution in [1.29, 1.82) is 0 Å². The minimum absolute atomic E-state index is 0.115. The summed E-state index contributed by atoms with van der Waals surface area (Å²) in [7, 11) is 0. The minimum Gasteiger partial charge on any atom is -0.507 e. The molecule has 0 aliphatic carbocycles. The van der Waals surface area contributed by atoms with E-state index in [-0.39, 0.29) is 17.6 Å². The Bertz CT molecular complexity index is 1000. The van der Waals surface area contributed by atoms with E-state index in [0.717, 1.165) is 86.6 Å². The summed E-state index contributed by atoms with van der Waals surface area (Å²) in [6.07, 6.45) is 6.22. The maximum atomic E-state index is 12.8. The van der Waals surface area contributed by atoms with E-state index < -0.39 is 0 Å². The number of amides is 1. The fourth-order valence-electron chi connectivity index (χ4n) is 5.54. The molecule has 2 fully saturated rings. The fraction of sp³-hybridized carbons (Fsp3) is 0.667. The van der Waals surface area contributed by atoms with Crippen LogP contribution >= 0.6 is 0 Å². The van der Waals surface area contributed by atoms with Crippen LogP contribution in [0.4, 0.5) is 0 Å². The highest BCUT2D eigenvalue weighted by atomic mass is 16.5. The molecule has 1 aromatic carbocycles. The normalized spacial score (nSPS) is 20.3. The molecule has 2 aliphatic rings. The molecule has 2 saturated heterocycles. The maximum absolute atomic E-state index is 12.8. The van der Waals surface area contributed by atoms with Crippen molar-refractivity contribution in [3.8, 4) is 5.75 Å². The molecule has 0 atom stereocenters. The number of aromatic hydroxyl groups is 1. The first-order valence-corrected chi connectivity index (χ1v) is 15.1. The van der Waals surface area contributed by atoms with Gasteiger partial charge in [0.1, 0.15) is 17.3 Å². The SMILES string of the molecule is CC/C(C)=C(\O/C(C)=C(\C)CN1CCC(C(=O)NCCCN2CCC(C)(C)CC2)CC1)c1c(C)cccc1O. The van der Waals surface area contributed by atoms with E-state index in [2.05, 4.69) is 49.7 Å². The summed E-state index contributed by atoms with van der Waals surface area (Å²) < 4.78 is 6.43. The van der Waals surface area contributed by atoms with Gasteiger partial charge in [0.25, 0.3) is 0 Å². The number of nitrogens with zero attached hydrogens (tertiary/aromatic N) is 2. The van der Waals surface area contributed by atoms with Crippen LogP contribution in [0.5, 0.6) is 5.75 Å². The Morgan fingerprint density at radius 3 is 2.33 bits per heavy atom. The molecule has 218 valence electrons. The van der Waals surface area contributed by atoms with Crippen LogP contribution in [-0.4, -0.2) is 66.6 Å². The number of phenols is 1. The third kappa shape index (κ3) is 9.11. The number of carbonyl (C=O) groups is 1. The zero-order valence-corrected chi connectivity index (χ0v) is 25.7. The van der Waals surface area contributed by atoms with Gasteiger partial charge in [0.05, 0.1) is 5.56 Å². The van der Waals surface area contributed by atoms with Crippen LogP contribution in [0.15, 0.2) is 35.1 Å². The molecule has 39 heavy (non-hydrogen) atoms. The molecule has 2 N–H and O–H groups in total. The molecule has 3 rings (SSSR count). The second-order valence-corrected chi connectivity index (χ2v) is 12.6. The standard InChI is InChI=1S/C33H53N3O3/c1-8-24(2)31(30-25(3)11-9-12-29(30)37)39-27(5)26(4)23-36-19-13-28(14-20-36)32(38)34-17-10-18-35-21-15-33(6,7)16-22-35/h9,11-12,28,37H,8,10,13-23H2,1-7H3,(H,34,38)/b27-26+,31-24-. The smallest absolute Gasteiger partial charge is 0.223 e. The number of piperidine rings is 2. The van der Waals surface area contributed by atoms with E-state index in [9.17, 15) is 9.90 Å². The molecule has 0 bridgehead atoms. The van der Waals surface area contributed by atoms with Crippen molar-refractivity contribution in [2.24, 2.45) is 11.3 Å². The van der Waals surface area contributed by atoms with Crippen LogP contribution in [0, 0.1) is 18.3 Å². The fourth-order valence-corrected chi connectivity index (χ4v) is 5.54. The molecule has 1 aromatic rings. The van der Waals surface area contributed by atoms with Crippen LogP contribution in [-0.2, 0) is 9.53 Å². The summed E-state index contributed by atoms with van der Waals surface area (Å²) in [6.45, 7) is 21.9. The highest BCUT2D eigenvalue weighted by Gasteiger charge is 2.27. The van der Waals surface area contributed by atoms with Crippen molar-refractivity contribution in [2.75, 3.05) is 45.8 Å². The molecule has 0 radical (unpaired) electrons. The van der Waals surface area contributed by atoms with Gasteiger partial charge in [0.2, 0.25) is 5.91 Å². The predicted octanol–water partition coefficient (Wildman–Crippen LogP) is 6.49. The number of carbonyl (C=O) groups excluding carboxylic acids is 1. The van der Waals surface area contributed by atoms with Crippen LogP contribution in [0.3, 0.4) is 0 Å². The van der Waals surface area contributed by atoms with E-state index in [1.54, 1.807) is 6.07 Å². The highest BCUT2D eigenvalue weighted by molar-refractivity contribution is 5.78. The predicted molar refractivity (Wildman–Crippen MR) is 161 cm³/mol. The number of phenolic OH excluding ortho intramolecular Hbond substituents is 1. The second-order valence-electron chi connectivity index (χ2n) is 12.6. The third-order valence-electron chi connectivity index (χ3n) is 8.83. The number of aryl methyl sites for hydroxylation is 1. The molecular formula is C33H53N3O3. The summed E-state index contributed by atoms with van der Waals surface area (Å²) in [5.41, 5.74) is 4.54. The monoisotopic (exact) mass is 539 g/mol. The van der Waals surface area contributed by atoms with E-state index in [1.807, 2.05) is 26.0 Å². The van der Waals surface area contributed by atoms with Crippen LogP contribution < -0.4 is 5.32 Å². The van der Waals surface area contributed by atoms with Gasteiger partial charge in [-0.25, -0.2) is 0 Å². The number of allylic oxidation sites excluding steroid dienone is 2. The first-order chi connectivity index (χ1) is 18.5. The number of nitrogens with one attached hydrogen (secondary N) is 1. The average Bonchev–Trinajstić information content (AvgIpc) is 2.90. The Morgan fingerprint density at radius 2 is 1.72 bits per heavy atom. The van der Waals surface area contributed by atoms with E-state index >= 15 is 0 Å². The quantitative estimate of drug-likeness (QED) is 0.248. The average molecular weight is 540 g/mol. The second kappa shape index (κ2) is 14.4. The van der Waals surface area contributed by atoms with Gasteiger partial charge in [0, 0.05) is 19.0 Å². The molecule has 2 aliphatic heterocycles. The number of likely N-dealkylation sites (tertiary alicyclic amines) is 2. The van der Waals surface area contributed by atoms with Crippen molar-refractivity contribution in [3.05, 3.63) is 46.2 Å². The van der Waals surface area contributed by atoms with Crippen molar-refractivity contribution in [1.82, 2.24) is 15.1 Å². The lowest BCUT2D eigenvalue weighted by Crippen LogP contribution is -2.42. The molecule has 2 heterocycles. The van der Waals surface area contributed by atoms with Gasteiger partial charge >= 0.3 is 0 Å². The first-order valence-electron chi connectivity index (χ1n) is 15.1. The van der Waals surface area contributed by atoms with Gasteiger partial charge in [-0.15, -0.1) is 0 Å². The number of benzene rings is 1. The van der Waals surface area contributed by atoms with Gasteiger partial charge in [-0.3, -0.25) is 9.69 Å². The third-order valence-corrected chi connectivity index (χ3v) is 8.83. The van der Waals surface area contributed by atoms with Gasteiger partial charge in [-0.2, -0.15) is 0 Å². The topological polar surface area (TPSA) is 65.0 Å². The Morgan fingerprint density at radius 1 is 1.05 bits per heavy atom. The van der Waals surface area contributed by atoms with Crippen LogP contribution in [0.2, 0.25) is 0 Å². The number of ether oxygens (including phenoxy) is 1. The Hall–Kier alpha value is -2.31. The number of rotatable bonds is 11. The zero-order chi connectivity index (χ0) is 28.6. The minimum atomic E-state index is 0.115. The van der Waals surface area contributed by atoms with Crippen LogP contribution in [0.1, 0.15) is 91.2 Å². The Labute approximate surface area is 237 Å². The summed E-state index contributed by atoms with van der Waals surface area (Å²) >= 11 is 0. The molecule has 0 aromatic heterocycles. The molecular weight excluding hydrogens is 486 g/mol. The molecule has 0 spiro atoms. The lowest BCUT2D eigenvalue weighted by Gasteiger charge is -2.37. The van der Waals surface area contributed by atoms with Crippen molar-refractivity contribution < 1.29 is 14.6 Å². The van der Waals surface area contributed by atoms with Crippen molar-refractivity contribution in [2.45, 2.75) is 87.0 Å². The molecule has 1 amide bonds. The summed E-state index contributed by atoms with van der Waals surface area (Å²) in [5.74, 6) is 2.22. The number of hydrogen-bond acceptors (Lipinski definition) is 5. The summed E-state index contributed by atoms with van der Waals surface area (Å²) in [6, 6.07) is 5.58. The van der Waals surface area contributed by atoms with Gasteiger partial charge < -0.3 is 20.1 Å². The van der Waals surface area contributed by atoms with Crippen LogP contribution in [0.25, 0.3) is 5.76 Å². The molecule has 0 saturated carbocycles. The highest BCUT2D eigenvalue weighted by Crippen LogP contribution is 2.34. The first kappa shape index (κ1) is 31.2. The summed E-state index contributed by atoms with van der Waals surface area (Å²) in [4.78, 5) is 17.7. The molecule has 6 heteroatoms. The Balaban J connectivity index is 1.44. The van der Waals surface area contributed by atoms with Crippen molar-refractivity contribution in [3.63, 3.8) is 0 Å². The lowest BCUT2D eigenvalue weighted by molar-refractivity contribution is -0.126. The van der Waals surface area contributed by atoms with Gasteiger partial charge in [-0.1, -0.05) is 32.9 Å². The lowest BCUT2D eigenvalue weighted by atomic mass is 9.83. The molecule has 0 unspecified atom stereocenters. The molecule has 6 nitrogen and oxygen atoms in total. The van der Waals surface area contributed by atoms with E-state index in [4.69, 9.17) is 4.74 Å². The number of hydrogen-bond donors (Lipinski definition) is 2. The summed E-state index contributed by atoms with van der Waals surface area (Å²) in [5, 5.41) is 13.8. The Kier molecular flexibility index (Phi) is 11.5. The largest absolute Gasteiger partial charge is 0.507 e. The van der Waals surface area contributed by atoms with E-state index in [1.165, 1.54) is 31.5 Å². The zero-order valence-electron chi connectivity index (χ0n) is 25.7. The van der Waals surface area contributed by atoms with Gasteiger partial charge in [0.15, 0.2) is 0 Å². The van der Waals surface area contributed by atoms with E-state index in [0.29, 0.717) is 5.41 Å². The van der Waals surface area contributed by atoms with Crippen molar-refractivity contribution >= 4 is 11.7 Å².